The summed E-state index contributed by atoms with van der Waals surface area (Å²) in [4.78, 5) is 21.9. The van der Waals surface area contributed by atoms with Crippen molar-refractivity contribution in [2.24, 2.45) is 0 Å². The number of nitrogens with zero attached hydrogens (tertiary/aromatic N) is 2. The van der Waals surface area contributed by atoms with Crippen LogP contribution in [0.15, 0.2) is 83.9 Å². The van der Waals surface area contributed by atoms with Gasteiger partial charge < -0.3 is 10.1 Å². The number of carbonyl (C=O) groups excluding carboxylic acids is 1. The van der Waals surface area contributed by atoms with Gasteiger partial charge in [0.15, 0.2) is 5.82 Å². The SMILES string of the molecule is COc1cccc(NC(=O)CSc2nc(-c3ccccc3)nc3ccccc23)c1. The predicted octanol–water partition coefficient (Wildman–Crippen LogP) is 5.04. The van der Waals surface area contributed by atoms with Crippen LogP contribution in [0.4, 0.5) is 5.69 Å². The van der Waals surface area contributed by atoms with Crippen LogP contribution in [-0.2, 0) is 4.79 Å². The largest absolute Gasteiger partial charge is 0.497 e. The molecule has 0 aliphatic heterocycles. The fourth-order valence-electron chi connectivity index (χ4n) is 2.91. The number of benzene rings is 3. The maximum absolute atomic E-state index is 12.5. The number of hydrogen-bond acceptors (Lipinski definition) is 5. The molecular formula is C23H19N3O2S. The summed E-state index contributed by atoms with van der Waals surface area (Å²) >= 11 is 1.40. The fourth-order valence-corrected chi connectivity index (χ4v) is 3.72. The van der Waals surface area contributed by atoms with Crippen molar-refractivity contribution < 1.29 is 9.53 Å². The second kappa shape index (κ2) is 8.75. The van der Waals surface area contributed by atoms with Crippen molar-refractivity contribution in [2.75, 3.05) is 18.2 Å². The number of anilines is 1. The number of hydrogen-bond donors (Lipinski definition) is 1. The molecule has 29 heavy (non-hydrogen) atoms. The number of aromatic nitrogens is 2. The molecular weight excluding hydrogens is 382 g/mol. The van der Waals surface area contributed by atoms with Gasteiger partial charge in [-0.3, -0.25) is 4.79 Å². The summed E-state index contributed by atoms with van der Waals surface area (Å²) in [7, 11) is 1.60. The van der Waals surface area contributed by atoms with Crippen LogP contribution in [0.25, 0.3) is 22.3 Å². The molecule has 0 unspecified atom stereocenters. The zero-order chi connectivity index (χ0) is 20.1. The van der Waals surface area contributed by atoms with Gasteiger partial charge in [-0.1, -0.05) is 66.4 Å². The first-order valence-electron chi connectivity index (χ1n) is 9.12. The van der Waals surface area contributed by atoms with Crippen LogP contribution in [0.3, 0.4) is 0 Å². The van der Waals surface area contributed by atoms with Gasteiger partial charge in [-0.05, 0) is 18.2 Å². The number of thioether (sulfide) groups is 1. The Labute approximate surface area is 173 Å². The van der Waals surface area contributed by atoms with E-state index in [9.17, 15) is 4.79 Å². The summed E-state index contributed by atoms with van der Waals surface area (Å²) in [5.41, 5.74) is 2.51. The van der Waals surface area contributed by atoms with E-state index in [1.54, 1.807) is 13.2 Å². The molecule has 0 spiro atoms. The van der Waals surface area contributed by atoms with Gasteiger partial charge in [0, 0.05) is 22.7 Å². The lowest BCUT2D eigenvalue weighted by Crippen LogP contribution is -2.14. The van der Waals surface area contributed by atoms with E-state index in [0.29, 0.717) is 17.3 Å². The van der Waals surface area contributed by atoms with Crippen molar-refractivity contribution in [3.63, 3.8) is 0 Å². The third kappa shape index (κ3) is 4.55. The van der Waals surface area contributed by atoms with E-state index in [4.69, 9.17) is 9.72 Å². The Morgan fingerprint density at radius 2 is 1.76 bits per heavy atom. The number of amides is 1. The van der Waals surface area contributed by atoms with E-state index in [0.717, 1.165) is 21.5 Å². The number of rotatable bonds is 6. The van der Waals surface area contributed by atoms with Crippen LogP contribution in [0, 0.1) is 0 Å². The molecule has 0 saturated heterocycles. The summed E-state index contributed by atoms with van der Waals surface area (Å²) in [6.45, 7) is 0. The molecule has 0 aliphatic carbocycles. The van der Waals surface area contributed by atoms with Gasteiger partial charge in [-0.2, -0.15) is 0 Å². The van der Waals surface area contributed by atoms with Gasteiger partial charge >= 0.3 is 0 Å². The molecule has 1 heterocycles. The zero-order valence-electron chi connectivity index (χ0n) is 15.8. The van der Waals surface area contributed by atoms with Crippen molar-refractivity contribution in [2.45, 2.75) is 5.03 Å². The van der Waals surface area contributed by atoms with E-state index >= 15 is 0 Å². The lowest BCUT2D eigenvalue weighted by atomic mass is 10.2. The molecule has 0 radical (unpaired) electrons. The molecule has 0 aliphatic rings. The highest BCUT2D eigenvalue weighted by molar-refractivity contribution is 8.00. The molecule has 4 aromatic rings. The van der Waals surface area contributed by atoms with E-state index in [1.165, 1.54) is 11.8 Å². The Hall–Kier alpha value is -3.38. The standard InChI is InChI=1S/C23H19N3O2S/c1-28-18-11-7-10-17(14-18)24-21(27)15-29-23-19-12-5-6-13-20(19)25-22(26-23)16-8-3-2-4-9-16/h2-14H,15H2,1H3,(H,24,27). The van der Waals surface area contributed by atoms with Gasteiger partial charge in [0.2, 0.25) is 5.91 Å². The average molecular weight is 401 g/mol. The first kappa shape index (κ1) is 19.0. The van der Waals surface area contributed by atoms with Gasteiger partial charge in [-0.15, -0.1) is 0 Å². The van der Waals surface area contributed by atoms with E-state index in [2.05, 4.69) is 10.3 Å². The molecule has 5 nitrogen and oxygen atoms in total. The molecule has 0 atom stereocenters. The van der Waals surface area contributed by atoms with Gasteiger partial charge in [0.25, 0.3) is 0 Å². The van der Waals surface area contributed by atoms with E-state index in [1.807, 2.05) is 72.8 Å². The smallest absolute Gasteiger partial charge is 0.234 e. The van der Waals surface area contributed by atoms with Crippen LogP contribution in [0.5, 0.6) is 5.75 Å². The van der Waals surface area contributed by atoms with Crippen LogP contribution in [0.1, 0.15) is 0 Å². The molecule has 1 N–H and O–H groups in total. The Morgan fingerprint density at radius 1 is 0.966 bits per heavy atom. The molecule has 4 rings (SSSR count). The van der Waals surface area contributed by atoms with E-state index in [-0.39, 0.29) is 11.7 Å². The lowest BCUT2D eigenvalue weighted by molar-refractivity contribution is -0.113. The minimum Gasteiger partial charge on any atom is -0.497 e. The Bertz CT molecular complexity index is 1150. The first-order valence-corrected chi connectivity index (χ1v) is 10.1. The van der Waals surface area contributed by atoms with Crippen molar-refractivity contribution in [1.29, 1.82) is 0 Å². The molecule has 6 heteroatoms. The van der Waals surface area contributed by atoms with Gasteiger partial charge in [0.05, 0.1) is 18.4 Å². The number of nitrogens with one attached hydrogen (secondary N) is 1. The third-order valence-electron chi connectivity index (χ3n) is 4.29. The van der Waals surface area contributed by atoms with Crippen molar-refractivity contribution in [1.82, 2.24) is 9.97 Å². The monoisotopic (exact) mass is 401 g/mol. The van der Waals surface area contributed by atoms with Crippen molar-refractivity contribution in [3.8, 4) is 17.1 Å². The average Bonchev–Trinajstić information content (AvgIpc) is 2.78. The molecule has 1 amide bonds. The lowest BCUT2D eigenvalue weighted by Gasteiger charge is -2.09. The second-order valence-corrected chi connectivity index (χ2v) is 7.27. The summed E-state index contributed by atoms with van der Waals surface area (Å²) in [6, 6.07) is 25.0. The molecule has 0 bridgehead atoms. The number of methoxy groups -OCH3 is 1. The summed E-state index contributed by atoms with van der Waals surface area (Å²) in [6.07, 6.45) is 0. The normalized spacial score (nSPS) is 10.7. The summed E-state index contributed by atoms with van der Waals surface area (Å²) < 4.78 is 5.20. The number of fused-ring (bicyclic) bond motifs is 1. The Kier molecular flexibility index (Phi) is 5.72. The minimum atomic E-state index is -0.104. The maximum atomic E-state index is 12.5. The van der Waals surface area contributed by atoms with Crippen LogP contribution < -0.4 is 10.1 Å². The van der Waals surface area contributed by atoms with Crippen molar-refractivity contribution in [3.05, 3.63) is 78.9 Å². The molecule has 3 aromatic carbocycles. The number of ether oxygens (including phenoxy) is 1. The second-order valence-electron chi connectivity index (χ2n) is 6.30. The van der Waals surface area contributed by atoms with Crippen molar-refractivity contribution >= 4 is 34.3 Å². The third-order valence-corrected chi connectivity index (χ3v) is 5.28. The summed E-state index contributed by atoms with van der Waals surface area (Å²) in [5.74, 6) is 1.49. The zero-order valence-corrected chi connectivity index (χ0v) is 16.6. The predicted molar refractivity (Wildman–Crippen MR) is 117 cm³/mol. The van der Waals surface area contributed by atoms with Gasteiger partial charge in [-0.25, -0.2) is 9.97 Å². The minimum absolute atomic E-state index is 0.104. The highest BCUT2D eigenvalue weighted by atomic mass is 32.2. The quantitative estimate of drug-likeness (QED) is 0.362. The van der Waals surface area contributed by atoms with Crippen LogP contribution in [0.2, 0.25) is 0 Å². The van der Waals surface area contributed by atoms with E-state index < -0.39 is 0 Å². The van der Waals surface area contributed by atoms with Crippen LogP contribution >= 0.6 is 11.8 Å². The fraction of sp³-hybridized carbons (Fsp3) is 0.0870. The number of carbonyl (C=O) groups is 1. The number of para-hydroxylation sites is 1. The molecule has 0 saturated carbocycles. The van der Waals surface area contributed by atoms with Crippen LogP contribution in [-0.4, -0.2) is 28.7 Å². The van der Waals surface area contributed by atoms with Gasteiger partial charge in [0.1, 0.15) is 10.8 Å². The Balaban J connectivity index is 1.56. The molecule has 144 valence electrons. The summed E-state index contributed by atoms with van der Waals surface area (Å²) in [5, 5.41) is 4.62. The maximum Gasteiger partial charge on any atom is 0.234 e. The highest BCUT2D eigenvalue weighted by Crippen LogP contribution is 2.28. The molecule has 1 aromatic heterocycles. The first-order chi connectivity index (χ1) is 14.2. The highest BCUT2D eigenvalue weighted by Gasteiger charge is 2.12. The molecule has 0 fully saturated rings. The topological polar surface area (TPSA) is 64.1 Å². The Morgan fingerprint density at radius 3 is 2.59 bits per heavy atom.